The lowest BCUT2D eigenvalue weighted by molar-refractivity contribution is -0.0590. The molecule has 1 atom stereocenters. The van der Waals surface area contributed by atoms with E-state index in [0.29, 0.717) is 12.0 Å². The van der Waals surface area contributed by atoms with Gasteiger partial charge in [0.05, 0.1) is 31.6 Å². The van der Waals surface area contributed by atoms with Gasteiger partial charge in [0.1, 0.15) is 0 Å². The molecule has 0 bridgehead atoms. The second-order valence-electron chi connectivity index (χ2n) is 5.86. The molecule has 0 saturated carbocycles. The third kappa shape index (κ3) is 2.87. The third-order valence-electron chi connectivity index (χ3n) is 4.44. The zero-order valence-corrected chi connectivity index (χ0v) is 12.5. The minimum Gasteiger partial charge on any atom is -0.381 e. The van der Waals surface area contributed by atoms with E-state index in [-0.39, 0.29) is 0 Å². The van der Waals surface area contributed by atoms with Crippen LogP contribution in [-0.4, -0.2) is 49.4 Å². The Morgan fingerprint density at radius 3 is 2.70 bits per heavy atom. The highest BCUT2D eigenvalue weighted by atomic mass is 16.5. The average Bonchev–Trinajstić information content (AvgIpc) is 2.90. The predicted molar refractivity (Wildman–Crippen MR) is 77.9 cm³/mol. The maximum atomic E-state index is 5.55. The first kappa shape index (κ1) is 14.0. The van der Waals surface area contributed by atoms with Crippen LogP contribution in [0.1, 0.15) is 36.2 Å². The van der Waals surface area contributed by atoms with Crippen LogP contribution in [0.3, 0.4) is 0 Å². The fourth-order valence-corrected chi connectivity index (χ4v) is 2.88. The van der Waals surface area contributed by atoms with Gasteiger partial charge in [-0.05, 0) is 31.5 Å². The lowest BCUT2D eigenvalue weighted by Gasteiger charge is -2.34. The van der Waals surface area contributed by atoms with Crippen LogP contribution < -0.4 is 0 Å². The highest BCUT2D eigenvalue weighted by Crippen LogP contribution is 2.28. The van der Waals surface area contributed by atoms with Crippen LogP contribution >= 0.6 is 0 Å². The molecule has 4 nitrogen and oxygen atoms in total. The first-order chi connectivity index (χ1) is 9.78. The fraction of sp³-hybridized carbons (Fsp3) is 0.688. The van der Waals surface area contributed by atoms with Crippen LogP contribution in [0.4, 0.5) is 0 Å². The van der Waals surface area contributed by atoms with Crippen LogP contribution in [0.5, 0.6) is 0 Å². The van der Waals surface area contributed by atoms with Crippen molar-refractivity contribution >= 4 is 0 Å². The van der Waals surface area contributed by atoms with Gasteiger partial charge in [0.25, 0.3) is 0 Å². The topological polar surface area (TPSA) is 34.6 Å². The molecule has 0 N–H and O–H groups in total. The zero-order valence-electron chi connectivity index (χ0n) is 12.5. The second-order valence-corrected chi connectivity index (χ2v) is 5.86. The van der Waals surface area contributed by atoms with Crippen molar-refractivity contribution in [3.63, 3.8) is 0 Å². The smallest absolute Gasteiger partial charge is 0.0645 e. The summed E-state index contributed by atoms with van der Waals surface area (Å²) in [6.45, 7) is 6.50. The number of aryl methyl sites for hydroxylation is 1. The van der Waals surface area contributed by atoms with Gasteiger partial charge >= 0.3 is 0 Å². The fourth-order valence-electron chi connectivity index (χ4n) is 2.88. The summed E-state index contributed by atoms with van der Waals surface area (Å²) in [6.07, 6.45) is 2.11. The van der Waals surface area contributed by atoms with Crippen molar-refractivity contribution in [1.82, 2.24) is 9.88 Å². The molecule has 110 valence electrons. The van der Waals surface area contributed by atoms with Gasteiger partial charge in [-0.1, -0.05) is 13.0 Å². The molecule has 0 aromatic carbocycles. The number of aromatic nitrogens is 1. The summed E-state index contributed by atoms with van der Waals surface area (Å²) in [5.41, 5.74) is 3.79. The van der Waals surface area contributed by atoms with Gasteiger partial charge in [0.15, 0.2) is 0 Å². The van der Waals surface area contributed by atoms with Crippen molar-refractivity contribution in [3.8, 4) is 0 Å². The molecule has 1 aromatic heterocycles. The minimum atomic E-state index is 0.523. The van der Waals surface area contributed by atoms with Crippen molar-refractivity contribution in [1.29, 1.82) is 0 Å². The molecule has 3 heterocycles. The van der Waals surface area contributed by atoms with Gasteiger partial charge in [-0.3, -0.25) is 9.88 Å². The van der Waals surface area contributed by atoms with E-state index in [4.69, 9.17) is 14.5 Å². The van der Waals surface area contributed by atoms with Crippen LogP contribution in [-0.2, 0) is 22.4 Å². The highest BCUT2D eigenvalue weighted by molar-refractivity contribution is 5.28. The monoisotopic (exact) mass is 276 g/mol. The van der Waals surface area contributed by atoms with E-state index in [0.717, 1.165) is 45.8 Å². The first-order valence-electron chi connectivity index (χ1n) is 7.62. The SMILES string of the molecule is CCc1ccc([C@@H]2CCOC2)c(CN(C)C2COC2)n1. The first-order valence-corrected chi connectivity index (χ1v) is 7.62. The minimum absolute atomic E-state index is 0.523. The van der Waals surface area contributed by atoms with Gasteiger partial charge in [0.2, 0.25) is 0 Å². The van der Waals surface area contributed by atoms with E-state index >= 15 is 0 Å². The Bertz CT molecular complexity index is 454. The Balaban J connectivity index is 1.80. The van der Waals surface area contributed by atoms with E-state index < -0.39 is 0 Å². The summed E-state index contributed by atoms with van der Waals surface area (Å²) in [5.74, 6) is 0.523. The van der Waals surface area contributed by atoms with Crippen LogP contribution in [0, 0.1) is 0 Å². The summed E-state index contributed by atoms with van der Waals surface area (Å²) in [7, 11) is 2.17. The van der Waals surface area contributed by atoms with Crippen molar-refractivity contribution in [3.05, 3.63) is 29.1 Å². The lowest BCUT2D eigenvalue weighted by Crippen LogP contribution is -2.46. The number of ether oxygens (including phenoxy) is 2. The van der Waals surface area contributed by atoms with Crippen molar-refractivity contribution in [2.45, 2.75) is 38.3 Å². The Morgan fingerprint density at radius 1 is 1.25 bits per heavy atom. The predicted octanol–water partition coefficient (Wildman–Crippen LogP) is 1.98. The molecule has 20 heavy (non-hydrogen) atoms. The molecule has 2 saturated heterocycles. The number of pyridine rings is 1. The normalized spacial score (nSPS) is 23.2. The Labute approximate surface area is 121 Å². The number of nitrogens with zero attached hydrogens (tertiary/aromatic N) is 2. The van der Waals surface area contributed by atoms with Gasteiger partial charge in [-0.25, -0.2) is 0 Å². The van der Waals surface area contributed by atoms with Gasteiger partial charge in [0, 0.05) is 24.8 Å². The van der Waals surface area contributed by atoms with E-state index in [1.54, 1.807) is 0 Å². The zero-order chi connectivity index (χ0) is 13.9. The molecule has 0 spiro atoms. The number of hydrogen-bond acceptors (Lipinski definition) is 4. The summed E-state index contributed by atoms with van der Waals surface area (Å²) < 4.78 is 10.8. The average molecular weight is 276 g/mol. The van der Waals surface area contributed by atoms with Crippen molar-refractivity contribution in [2.75, 3.05) is 33.5 Å². The summed E-state index contributed by atoms with van der Waals surface area (Å²) in [5, 5.41) is 0. The quantitative estimate of drug-likeness (QED) is 0.823. The van der Waals surface area contributed by atoms with Gasteiger partial charge in [-0.2, -0.15) is 0 Å². The molecule has 2 aliphatic heterocycles. The van der Waals surface area contributed by atoms with Gasteiger partial charge < -0.3 is 9.47 Å². The Kier molecular flexibility index (Phi) is 4.34. The van der Waals surface area contributed by atoms with Crippen molar-refractivity contribution < 1.29 is 9.47 Å². The lowest BCUT2D eigenvalue weighted by atomic mass is 9.95. The molecule has 0 aliphatic carbocycles. The molecular formula is C16H24N2O2. The summed E-state index contributed by atoms with van der Waals surface area (Å²) >= 11 is 0. The van der Waals surface area contributed by atoms with E-state index in [1.807, 2.05) is 0 Å². The van der Waals surface area contributed by atoms with Gasteiger partial charge in [-0.15, -0.1) is 0 Å². The number of hydrogen-bond donors (Lipinski definition) is 0. The number of likely N-dealkylation sites (N-methyl/N-ethyl adjacent to an activating group) is 1. The van der Waals surface area contributed by atoms with Crippen LogP contribution in [0.15, 0.2) is 12.1 Å². The molecular weight excluding hydrogens is 252 g/mol. The molecule has 0 amide bonds. The molecule has 2 aliphatic rings. The third-order valence-corrected chi connectivity index (χ3v) is 4.44. The largest absolute Gasteiger partial charge is 0.381 e. The molecule has 2 fully saturated rings. The van der Waals surface area contributed by atoms with Crippen molar-refractivity contribution in [2.24, 2.45) is 0 Å². The second kappa shape index (κ2) is 6.20. The maximum Gasteiger partial charge on any atom is 0.0645 e. The standard InChI is InChI=1S/C16H24N2O2/c1-3-13-4-5-15(12-6-7-19-9-12)16(17-13)8-18(2)14-10-20-11-14/h4-5,12,14H,3,6-11H2,1-2H3/t12-/m1/s1. The maximum absolute atomic E-state index is 5.55. The Hall–Kier alpha value is -0.970. The summed E-state index contributed by atoms with van der Waals surface area (Å²) in [4.78, 5) is 7.24. The molecule has 4 heteroatoms. The molecule has 1 aromatic rings. The van der Waals surface area contributed by atoms with Crippen LogP contribution in [0.2, 0.25) is 0 Å². The molecule has 3 rings (SSSR count). The summed E-state index contributed by atoms with van der Waals surface area (Å²) in [6, 6.07) is 4.99. The Morgan fingerprint density at radius 2 is 2.10 bits per heavy atom. The van der Waals surface area contributed by atoms with E-state index in [2.05, 4.69) is 31.0 Å². The highest BCUT2D eigenvalue weighted by Gasteiger charge is 2.26. The van der Waals surface area contributed by atoms with Crippen LogP contribution in [0.25, 0.3) is 0 Å². The number of rotatable bonds is 5. The van der Waals surface area contributed by atoms with E-state index in [1.165, 1.54) is 17.0 Å². The molecule has 0 unspecified atom stereocenters. The molecule has 0 radical (unpaired) electrons. The van der Waals surface area contributed by atoms with E-state index in [9.17, 15) is 0 Å².